The van der Waals surface area contributed by atoms with Gasteiger partial charge < -0.3 is 4.74 Å². The molecule has 2 aromatic heterocycles. The lowest BCUT2D eigenvalue weighted by Gasteiger charge is -2.16. The van der Waals surface area contributed by atoms with Crippen molar-refractivity contribution in [2.45, 2.75) is 18.9 Å². The second kappa shape index (κ2) is 6.82. The Morgan fingerprint density at radius 2 is 2.21 bits per heavy atom. The number of aromatic nitrogens is 2. The number of aryl methyl sites for hydroxylation is 1. The SMILES string of the molecule is COc1cncc(C(CCc2cccnc2)NN)c1. The highest BCUT2D eigenvalue weighted by Crippen LogP contribution is 2.21. The Kier molecular flexibility index (Phi) is 4.83. The minimum absolute atomic E-state index is 0.0443. The van der Waals surface area contributed by atoms with Gasteiger partial charge in [-0.25, -0.2) is 0 Å². The molecule has 1 atom stereocenters. The standard InChI is InChI=1S/C14H18N4O/c1-19-13-7-12(9-17-10-13)14(18-15)5-4-11-3-2-6-16-8-11/h2-3,6-10,14,18H,4-5,15H2,1H3. The Bertz CT molecular complexity index is 504. The molecule has 0 aliphatic carbocycles. The number of hydrazine groups is 1. The van der Waals surface area contributed by atoms with Gasteiger partial charge in [0.25, 0.3) is 0 Å². The summed E-state index contributed by atoms with van der Waals surface area (Å²) in [6, 6.07) is 5.99. The first-order chi connectivity index (χ1) is 9.33. The molecule has 2 heterocycles. The molecule has 0 aromatic carbocycles. The molecule has 0 radical (unpaired) electrons. The number of ether oxygens (including phenoxy) is 1. The largest absolute Gasteiger partial charge is 0.495 e. The highest BCUT2D eigenvalue weighted by Gasteiger charge is 2.11. The molecule has 100 valence electrons. The van der Waals surface area contributed by atoms with E-state index in [4.69, 9.17) is 10.6 Å². The maximum Gasteiger partial charge on any atom is 0.137 e. The van der Waals surface area contributed by atoms with E-state index in [1.807, 2.05) is 18.3 Å². The molecule has 19 heavy (non-hydrogen) atoms. The zero-order chi connectivity index (χ0) is 13.5. The van der Waals surface area contributed by atoms with Gasteiger partial charge in [-0.05, 0) is 36.1 Å². The van der Waals surface area contributed by atoms with Crippen LogP contribution in [0.3, 0.4) is 0 Å². The van der Waals surface area contributed by atoms with E-state index in [2.05, 4.69) is 21.5 Å². The monoisotopic (exact) mass is 258 g/mol. The summed E-state index contributed by atoms with van der Waals surface area (Å²) >= 11 is 0. The van der Waals surface area contributed by atoms with Crippen molar-refractivity contribution < 1.29 is 4.74 Å². The molecule has 5 nitrogen and oxygen atoms in total. The van der Waals surface area contributed by atoms with Crippen molar-refractivity contribution in [1.82, 2.24) is 15.4 Å². The van der Waals surface area contributed by atoms with E-state index in [1.165, 1.54) is 5.56 Å². The number of nitrogens with zero attached hydrogens (tertiary/aromatic N) is 2. The van der Waals surface area contributed by atoms with Gasteiger partial charge in [0.2, 0.25) is 0 Å². The lowest BCUT2D eigenvalue weighted by molar-refractivity contribution is 0.410. The number of hydrogen-bond acceptors (Lipinski definition) is 5. The molecule has 0 fully saturated rings. The van der Waals surface area contributed by atoms with Crippen LogP contribution in [0, 0.1) is 0 Å². The van der Waals surface area contributed by atoms with Crippen LogP contribution in [0.4, 0.5) is 0 Å². The third-order valence-corrected chi connectivity index (χ3v) is 3.02. The van der Waals surface area contributed by atoms with Gasteiger partial charge in [0.05, 0.1) is 13.3 Å². The number of pyridine rings is 2. The third-order valence-electron chi connectivity index (χ3n) is 3.02. The van der Waals surface area contributed by atoms with E-state index in [9.17, 15) is 0 Å². The van der Waals surface area contributed by atoms with E-state index in [0.29, 0.717) is 0 Å². The summed E-state index contributed by atoms with van der Waals surface area (Å²) in [5.41, 5.74) is 5.04. The molecule has 0 saturated heterocycles. The van der Waals surface area contributed by atoms with E-state index >= 15 is 0 Å². The van der Waals surface area contributed by atoms with Crippen molar-refractivity contribution in [3.05, 3.63) is 54.1 Å². The first-order valence-corrected chi connectivity index (χ1v) is 6.17. The Hall–Kier alpha value is -1.98. The molecule has 3 N–H and O–H groups in total. The minimum atomic E-state index is 0.0443. The van der Waals surface area contributed by atoms with Crippen LogP contribution >= 0.6 is 0 Å². The number of methoxy groups -OCH3 is 1. The maximum absolute atomic E-state index is 5.63. The zero-order valence-electron chi connectivity index (χ0n) is 10.9. The highest BCUT2D eigenvalue weighted by molar-refractivity contribution is 5.26. The summed E-state index contributed by atoms with van der Waals surface area (Å²) in [6.45, 7) is 0. The van der Waals surface area contributed by atoms with Crippen LogP contribution in [-0.2, 0) is 6.42 Å². The van der Waals surface area contributed by atoms with E-state index in [1.54, 1.807) is 25.7 Å². The molecule has 2 rings (SSSR count). The first kappa shape index (κ1) is 13.5. The van der Waals surface area contributed by atoms with Gasteiger partial charge in [0.15, 0.2) is 0 Å². The average molecular weight is 258 g/mol. The second-order valence-corrected chi connectivity index (χ2v) is 4.28. The summed E-state index contributed by atoms with van der Waals surface area (Å²) in [4.78, 5) is 8.25. The predicted molar refractivity (Wildman–Crippen MR) is 73.4 cm³/mol. The molecule has 0 aliphatic heterocycles. The minimum Gasteiger partial charge on any atom is -0.495 e. The van der Waals surface area contributed by atoms with Crippen molar-refractivity contribution in [3.63, 3.8) is 0 Å². The molecule has 2 aromatic rings. The molecule has 0 amide bonds. The predicted octanol–water partition coefficient (Wildman–Crippen LogP) is 1.62. The summed E-state index contributed by atoms with van der Waals surface area (Å²) in [6.07, 6.45) is 8.90. The highest BCUT2D eigenvalue weighted by atomic mass is 16.5. The maximum atomic E-state index is 5.63. The van der Waals surface area contributed by atoms with Crippen molar-refractivity contribution >= 4 is 0 Å². The molecule has 0 spiro atoms. The third kappa shape index (κ3) is 3.74. The molecule has 0 aliphatic rings. The second-order valence-electron chi connectivity index (χ2n) is 4.28. The number of nitrogens with two attached hydrogens (primary N) is 1. The summed E-state index contributed by atoms with van der Waals surface area (Å²) in [5, 5.41) is 0. The van der Waals surface area contributed by atoms with Gasteiger partial charge in [-0.1, -0.05) is 6.07 Å². The number of rotatable bonds is 6. The molecular formula is C14H18N4O. The number of nitrogens with one attached hydrogen (secondary N) is 1. The van der Waals surface area contributed by atoms with Gasteiger partial charge >= 0.3 is 0 Å². The quantitative estimate of drug-likeness (QED) is 0.608. The van der Waals surface area contributed by atoms with E-state index in [-0.39, 0.29) is 6.04 Å². The molecule has 1 unspecified atom stereocenters. The van der Waals surface area contributed by atoms with Crippen LogP contribution in [0.1, 0.15) is 23.6 Å². The Morgan fingerprint density at radius 1 is 1.32 bits per heavy atom. The van der Waals surface area contributed by atoms with Crippen LogP contribution in [0.2, 0.25) is 0 Å². The van der Waals surface area contributed by atoms with Gasteiger partial charge in [0, 0.05) is 24.6 Å². The lowest BCUT2D eigenvalue weighted by Crippen LogP contribution is -2.28. The van der Waals surface area contributed by atoms with E-state index in [0.717, 1.165) is 24.2 Å². The van der Waals surface area contributed by atoms with Gasteiger partial charge in [-0.15, -0.1) is 0 Å². The molecular weight excluding hydrogens is 240 g/mol. The average Bonchev–Trinajstić information content (AvgIpc) is 2.49. The Labute approximate surface area is 112 Å². The molecule has 0 saturated carbocycles. The molecule has 5 heteroatoms. The van der Waals surface area contributed by atoms with Crippen LogP contribution in [0.15, 0.2) is 43.0 Å². The van der Waals surface area contributed by atoms with E-state index < -0.39 is 0 Å². The van der Waals surface area contributed by atoms with Crippen molar-refractivity contribution in [3.8, 4) is 5.75 Å². The van der Waals surface area contributed by atoms with Crippen molar-refractivity contribution in [2.24, 2.45) is 5.84 Å². The lowest BCUT2D eigenvalue weighted by atomic mass is 10.0. The van der Waals surface area contributed by atoms with Crippen LogP contribution in [0.5, 0.6) is 5.75 Å². The Morgan fingerprint density at radius 3 is 2.89 bits per heavy atom. The van der Waals surface area contributed by atoms with Gasteiger partial charge in [-0.2, -0.15) is 0 Å². The van der Waals surface area contributed by atoms with Crippen molar-refractivity contribution in [2.75, 3.05) is 7.11 Å². The fourth-order valence-electron chi connectivity index (χ4n) is 1.94. The van der Waals surface area contributed by atoms with Crippen LogP contribution < -0.4 is 16.0 Å². The number of hydrogen-bond donors (Lipinski definition) is 2. The first-order valence-electron chi connectivity index (χ1n) is 6.17. The van der Waals surface area contributed by atoms with Crippen molar-refractivity contribution in [1.29, 1.82) is 0 Å². The topological polar surface area (TPSA) is 73.1 Å². The Balaban J connectivity index is 2.03. The summed E-state index contributed by atoms with van der Waals surface area (Å²) < 4.78 is 5.17. The van der Waals surface area contributed by atoms with Gasteiger partial charge in [-0.3, -0.25) is 21.2 Å². The fourth-order valence-corrected chi connectivity index (χ4v) is 1.94. The fraction of sp³-hybridized carbons (Fsp3) is 0.286. The van der Waals surface area contributed by atoms with Gasteiger partial charge in [0.1, 0.15) is 5.75 Å². The summed E-state index contributed by atoms with van der Waals surface area (Å²) in [5.74, 6) is 6.36. The normalized spacial score (nSPS) is 12.1. The van der Waals surface area contributed by atoms with Crippen LogP contribution in [0.25, 0.3) is 0 Å². The smallest absolute Gasteiger partial charge is 0.137 e. The summed E-state index contributed by atoms with van der Waals surface area (Å²) in [7, 11) is 1.63. The van der Waals surface area contributed by atoms with Crippen LogP contribution in [-0.4, -0.2) is 17.1 Å². The zero-order valence-corrected chi connectivity index (χ0v) is 10.9. The molecule has 0 bridgehead atoms.